The zero-order valence-electron chi connectivity index (χ0n) is 8.65. The monoisotopic (exact) mass is 239 g/mol. The van der Waals surface area contributed by atoms with Gasteiger partial charge in [-0.05, 0) is 30.6 Å². The quantitative estimate of drug-likeness (QED) is 0.448. The second-order valence-corrected chi connectivity index (χ2v) is 3.88. The van der Waals surface area contributed by atoms with Crippen molar-refractivity contribution in [2.75, 3.05) is 18.6 Å². The molecule has 1 aromatic rings. The summed E-state index contributed by atoms with van der Waals surface area (Å²) in [4.78, 5) is 4.03. The molecule has 0 aliphatic heterocycles. The third-order valence-corrected chi connectivity index (χ3v) is 2.52. The fourth-order valence-corrected chi connectivity index (χ4v) is 1.65. The average Bonchev–Trinajstić information content (AvgIpc) is 2.27. The smallest absolute Gasteiger partial charge is 0.176 e. The number of amidine groups is 1. The van der Waals surface area contributed by atoms with Gasteiger partial charge in [-0.2, -0.15) is 0 Å². The third kappa shape index (κ3) is 4.31. The Hall–Kier alpha value is -1.07. The van der Waals surface area contributed by atoms with Crippen molar-refractivity contribution in [2.45, 2.75) is 0 Å². The fourth-order valence-electron chi connectivity index (χ4n) is 0.979. The molecule has 0 saturated heterocycles. The highest BCUT2D eigenvalue weighted by Gasteiger charge is 1.99. The lowest BCUT2D eigenvalue weighted by atomic mass is 10.3. The first-order valence-electron chi connectivity index (χ1n) is 4.40. The molecule has 2 N–H and O–H groups in total. The van der Waals surface area contributed by atoms with E-state index in [0.717, 1.165) is 10.9 Å². The fraction of sp³-hybridized carbons (Fsp3) is 0.200. The molecule has 1 aromatic carbocycles. The van der Waals surface area contributed by atoms with Gasteiger partial charge in [-0.3, -0.25) is 4.99 Å². The molecule has 0 aliphatic carbocycles. The Morgan fingerprint density at radius 1 is 1.33 bits per heavy atom. The van der Waals surface area contributed by atoms with Gasteiger partial charge in [0.2, 0.25) is 0 Å². The second-order valence-electron chi connectivity index (χ2n) is 2.68. The number of benzene rings is 1. The van der Waals surface area contributed by atoms with Gasteiger partial charge in [0.15, 0.2) is 10.3 Å². The van der Waals surface area contributed by atoms with Gasteiger partial charge in [-0.25, -0.2) is 0 Å². The van der Waals surface area contributed by atoms with Crippen molar-refractivity contribution in [3.05, 3.63) is 30.3 Å². The number of para-hydroxylation sites is 1. The maximum Gasteiger partial charge on any atom is 0.176 e. The molecule has 3 nitrogen and oxygen atoms in total. The minimum absolute atomic E-state index is 0.552. The molecule has 0 amide bonds. The number of thioether (sulfide) groups is 1. The van der Waals surface area contributed by atoms with Crippen LogP contribution in [0.5, 0.6) is 0 Å². The number of nitrogens with one attached hydrogen (secondary N) is 2. The SMILES string of the molecule is CN=C(NC(=S)Nc1ccccc1)SC. The Kier molecular flexibility index (Phi) is 5.14. The van der Waals surface area contributed by atoms with Crippen LogP contribution in [0, 0.1) is 0 Å². The molecule has 0 fully saturated rings. The Bertz CT molecular complexity index is 349. The number of anilines is 1. The summed E-state index contributed by atoms with van der Waals surface area (Å²) in [7, 11) is 1.73. The van der Waals surface area contributed by atoms with Gasteiger partial charge in [-0.15, -0.1) is 0 Å². The first-order valence-corrected chi connectivity index (χ1v) is 6.03. The number of hydrogen-bond acceptors (Lipinski definition) is 3. The summed E-state index contributed by atoms with van der Waals surface area (Å²) < 4.78 is 0. The molecule has 0 spiro atoms. The highest BCUT2D eigenvalue weighted by molar-refractivity contribution is 8.13. The van der Waals surface area contributed by atoms with E-state index in [1.54, 1.807) is 7.05 Å². The van der Waals surface area contributed by atoms with Gasteiger partial charge < -0.3 is 10.6 Å². The topological polar surface area (TPSA) is 36.4 Å². The normalized spacial score (nSPS) is 10.9. The van der Waals surface area contributed by atoms with Crippen LogP contribution in [-0.4, -0.2) is 23.6 Å². The van der Waals surface area contributed by atoms with Crippen molar-refractivity contribution in [1.29, 1.82) is 0 Å². The van der Waals surface area contributed by atoms with E-state index in [1.165, 1.54) is 11.8 Å². The molecule has 0 aliphatic rings. The summed E-state index contributed by atoms with van der Waals surface area (Å²) in [6.45, 7) is 0. The molecule has 80 valence electrons. The molecular formula is C10H13N3S2. The van der Waals surface area contributed by atoms with Crippen LogP contribution in [0.3, 0.4) is 0 Å². The van der Waals surface area contributed by atoms with Crippen LogP contribution in [0.4, 0.5) is 5.69 Å². The second kappa shape index (κ2) is 6.42. The molecule has 0 radical (unpaired) electrons. The summed E-state index contributed by atoms with van der Waals surface area (Å²) in [6, 6.07) is 9.77. The Balaban J connectivity index is 2.50. The summed E-state index contributed by atoms with van der Waals surface area (Å²) in [6.07, 6.45) is 1.94. The third-order valence-electron chi connectivity index (χ3n) is 1.65. The maximum absolute atomic E-state index is 5.13. The van der Waals surface area contributed by atoms with Crippen LogP contribution >= 0.6 is 24.0 Å². The van der Waals surface area contributed by atoms with Crippen molar-refractivity contribution < 1.29 is 0 Å². The Morgan fingerprint density at radius 2 is 2.00 bits per heavy atom. The number of thiocarbonyl (C=S) groups is 1. The Labute approximate surface area is 99.4 Å². The van der Waals surface area contributed by atoms with Crippen molar-refractivity contribution in [3.8, 4) is 0 Å². The summed E-state index contributed by atoms with van der Waals surface area (Å²) >= 11 is 6.65. The van der Waals surface area contributed by atoms with E-state index in [1.807, 2.05) is 36.6 Å². The zero-order valence-corrected chi connectivity index (χ0v) is 10.3. The van der Waals surface area contributed by atoms with Crippen LogP contribution in [0.1, 0.15) is 0 Å². The first-order chi connectivity index (χ1) is 7.26. The summed E-state index contributed by atoms with van der Waals surface area (Å²) in [5.41, 5.74) is 0.964. The molecule has 15 heavy (non-hydrogen) atoms. The highest BCUT2D eigenvalue weighted by atomic mass is 32.2. The van der Waals surface area contributed by atoms with Crippen LogP contribution in [-0.2, 0) is 0 Å². The predicted octanol–water partition coefficient (Wildman–Crippen LogP) is 2.32. The van der Waals surface area contributed by atoms with Crippen LogP contribution in [0.25, 0.3) is 0 Å². The molecule has 0 bridgehead atoms. The van der Waals surface area contributed by atoms with Gasteiger partial charge >= 0.3 is 0 Å². The van der Waals surface area contributed by atoms with Crippen LogP contribution in [0.15, 0.2) is 35.3 Å². The van der Waals surface area contributed by atoms with E-state index in [9.17, 15) is 0 Å². The minimum atomic E-state index is 0.552. The van der Waals surface area contributed by atoms with Crippen molar-refractivity contribution >= 4 is 39.9 Å². The maximum atomic E-state index is 5.13. The molecule has 0 atom stereocenters. The minimum Gasteiger partial charge on any atom is -0.332 e. The molecule has 0 saturated carbocycles. The van der Waals surface area contributed by atoms with Gasteiger partial charge in [0.25, 0.3) is 0 Å². The Morgan fingerprint density at radius 3 is 2.53 bits per heavy atom. The lowest BCUT2D eigenvalue weighted by Crippen LogP contribution is -2.32. The van der Waals surface area contributed by atoms with E-state index < -0.39 is 0 Å². The van der Waals surface area contributed by atoms with E-state index >= 15 is 0 Å². The van der Waals surface area contributed by atoms with Crippen LogP contribution in [0.2, 0.25) is 0 Å². The largest absolute Gasteiger partial charge is 0.332 e. The lowest BCUT2D eigenvalue weighted by molar-refractivity contribution is 1.34. The molecule has 0 unspecified atom stereocenters. The van der Waals surface area contributed by atoms with Gasteiger partial charge in [0.05, 0.1) is 0 Å². The predicted molar refractivity (Wildman–Crippen MR) is 72.7 cm³/mol. The van der Waals surface area contributed by atoms with Crippen molar-refractivity contribution in [2.24, 2.45) is 4.99 Å². The summed E-state index contributed by atoms with van der Waals surface area (Å²) in [5.74, 6) is 0. The van der Waals surface area contributed by atoms with Crippen molar-refractivity contribution in [1.82, 2.24) is 5.32 Å². The van der Waals surface area contributed by atoms with Gasteiger partial charge in [0.1, 0.15) is 0 Å². The van der Waals surface area contributed by atoms with Gasteiger partial charge in [0, 0.05) is 12.7 Å². The lowest BCUT2D eigenvalue weighted by Gasteiger charge is -2.10. The van der Waals surface area contributed by atoms with E-state index in [2.05, 4.69) is 15.6 Å². The molecule has 1 rings (SSSR count). The first kappa shape index (κ1) is 12.0. The average molecular weight is 239 g/mol. The standard InChI is InChI=1S/C10H13N3S2/c1-11-10(15-2)13-9(14)12-8-6-4-3-5-7-8/h3-7H,1-2H3,(H2,11,12,13,14). The summed E-state index contributed by atoms with van der Waals surface area (Å²) in [5, 5.41) is 7.41. The number of aliphatic imine (C=N–C) groups is 1. The van der Waals surface area contributed by atoms with E-state index in [4.69, 9.17) is 12.2 Å². The molecular weight excluding hydrogens is 226 g/mol. The van der Waals surface area contributed by atoms with E-state index in [0.29, 0.717) is 5.11 Å². The van der Waals surface area contributed by atoms with Crippen LogP contribution < -0.4 is 10.6 Å². The molecule has 0 aromatic heterocycles. The number of rotatable bonds is 1. The number of nitrogens with zero attached hydrogens (tertiary/aromatic N) is 1. The zero-order chi connectivity index (χ0) is 11.1. The van der Waals surface area contributed by atoms with Crippen molar-refractivity contribution in [3.63, 3.8) is 0 Å². The highest BCUT2D eigenvalue weighted by Crippen LogP contribution is 2.04. The van der Waals surface area contributed by atoms with E-state index in [-0.39, 0.29) is 0 Å². The molecule has 5 heteroatoms. The molecule has 0 heterocycles. The number of hydrogen-bond donors (Lipinski definition) is 2. The van der Waals surface area contributed by atoms with Gasteiger partial charge in [-0.1, -0.05) is 30.0 Å².